The minimum atomic E-state index is -0.506. The second-order valence-corrected chi connectivity index (χ2v) is 3.85. The summed E-state index contributed by atoms with van der Waals surface area (Å²) in [5.74, 6) is 0.125. The number of carbonyl (C=O) groups excluding carboxylic acids is 1. The van der Waals surface area contributed by atoms with Crippen molar-refractivity contribution in [2.45, 2.75) is 32.2 Å². The lowest BCUT2D eigenvalue weighted by atomic mass is 10.1. The normalized spacial score (nSPS) is 12.2. The first-order chi connectivity index (χ1) is 7.63. The summed E-state index contributed by atoms with van der Waals surface area (Å²) < 4.78 is 0. The largest absolute Gasteiger partial charge is 0.320 e. The van der Waals surface area contributed by atoms with E-state index in [2.05, 4.69) is 22.2 Å². The smallest absolute Gasteiger partial charge is 0.242 e. The zero-order valence-corrected chi connectivity index (χ0v) is 9.87. The summed E-state index contributed by atoms with van der Waals surface area (Å²) in [4.78, 5) is 19.2. The van der Waals surface area contributed by atoms with Crippen LogP contribution in [0.3, 0.4) is 0 Å². The lowest BCUT2D eigenvalue weighted by Gasteiger charge is -2.10. The minimum Gasteiger partial charge on any atom is -0.320 e. The molecule has 16 heavy (non-hydrogen) atoms. The number of amides is 1. The molecule has 5 nitrogen and oxygen atoms in total. The van der Waals surface area contributed by atoms with Crippen LogP contribution >= 0.6 is 11.6 Å². The number of hydrogen-bond donors (Lipinski definition) is 2. The summed E-state index contributed by atoms with van der Waals surface area (Å²) in [6.07, 6.45) is 3.90. The highest BCUT2D eigenvalue weighted by molar-refractivity contribution is 6.29. The van der Waals surface area contributed by atoms with Gasteiger partial charge in [0.1, 0.15) is 17.3 Å². The molecule has 0 radical (unpaired) electrons. The Bertz CT molecular complexity index is 358. The number of nitrogens with one attached hydrogen (secondary N) is 1. The summed E-state index contributed by atoms with van der Waals surface area (Å²) in [5, 5.41) is 2.88. The first-order valence-electron chi connectivity index (χ1n) is 5.17. The molecule has 3 N–H and O–H groups in total. The van der Waals surface area contributed by atoms with Gasteiger partial charge >= 0.3 is 0 Å². The molecule has 0 aliphatic rings. The molecule has 6 heteroatoms. The fourth-order valence-electron chi connectivity index (χ4n) is 1.18. The summed E-state index contributed by atoms with van der Waals surface area (Å²) >= 11 is 5.66. The number of carbonyl (C=O) groups is 1. The Morgan fingerprint density at radius 3 is 3.00 bits per heavy atom. The highest BCUT2D eigenvalue weighted by Crippen LogP contribution is 2.09. The molecular formula is C10H15ClN4O. The summed E-state index contributed by atoms with van der Waals surface area (Å²) in [5.41, 5.74) is 5.70. The maximum Gasteiger partial charge on any atom is 0.242 e. The van der Waals surface area contributed by atoms with Crippen LogP contribution in [0.4, 0.5) is 5.82 Å². The minimum absolute atomic E-state index is 0.247. The van der Waals surface area contributed by atoms with Crippen molar-refractivity contribution >= 4 is 23.3 Å². The molecule has 1 aromatic heterocycles. The van der Waals surface area contributed by atoms with E-state index < -0.39 is 6.04 Å². The van der Waals surface area contributed by atoms with E-state index in [9.17, 15) is 4.79 Å². The van der Waals surface area contributed by atoms with Gasteiger partial charge in [-0.2, -0.15) is 0 Å². The Morgan fingerprint density at radius 2 is 2.38 bits per heavy atom. The van der Waals surface area contributed by atoms with Gasteiger partial charge in [-0.25, -0.2) is 9.97 Å². The van der Waals surface area contributed by atoms with E-state index in [0.29, 0.717) is 12.2 Å². The summed E-state index contributed by atoms with van der Waals surface area (Å²) in [6, 6.07) is 0.972. The van der Waals surface area contributed by atoms with E-state index in [1.807, 2.05) is 0 Å². The molecule has 0 unspecified atom stereocenters. The van der Waals surface area contributed by atoms with Gasteiger partial charge in [-0.1, -0.05) is 31.4 Å². The van der Waals surface area contributed by atoms with E-state index in [-0.39, 0.29) is 11.1 Å². The van der Waals surface area contributed by atoms with Crippen molar-refractivity contribution < 1.29 is 4.79 Å². The predicted octanol–water partition coefficient (Wildman–Crippen LogP) is 1.59. The Labute approximate surface area is 99.4 Å². The zero-order chi connectivity index (χ0) is 12.0. The van der Waals surface area contributed by atoms with E-state index in [0.717, 1.165) is 12.8 Å². The zero-order valence-electron chi connectivity index (χ0n) is 9.11. The van der Waals surface area contributed by atoms with Crippen molar-refractivity contribution in [2.75, 3.05) is 5.32 Å². The van der Waals surface area contributed by atoms with Gasteiger partial charge in [-0.15, -0.1) is 0 Å². The molecule has 0 saturated carbocycles. The number of unbranched alkanes of at least 4 members (excludes halogenated alkanes) is 1. The molecule has 1 atom stereocenters. The molecule has 0 aromatic carbocycles. The molecule has 88 valence electrons. The van der Waals surface area contributed by atoms with E-state index in [4.69, 9.17) is 17.3 Å². The molecular weight excluding hydrogens is 228 g/mol. The van der Waals surface area contributed by atoms with Crippen molar-refractivity contribution in [3.8, 4) is 0 Å². The molecule has 0 bridgehead atoms. The molecule has 1 rings (SSSR count). The van der Waals surface area contributed by atoms with Crippen LogP contribution in [0.25, 0.3) is 0 Å². The summed E-state index contributed by atoms with van der Waals surface area (Å²) in [6.45, 7) is 2.05. The summed E-state index contributed by atoms with van der Waals surface area (Å²) in [7, 11) is 0. The topological polar surface area (TPSA) is 80.9 Å². The molecule has 1 amide bonds. The fourth-order valence-corrected chi connectivity index (χ4v) is 1.32. The highest BCUT2D eigenvalue weighted by atomic mass is 35.5. The van der Waals surface area contributed by atoms with Crippen LogP contribution in [-0.4, -0.2) is 21.9 Å². The van der Waals surface area contributed by atoms with Crippen LogP contribution in [0.15, 0.2) is 12.4 Å². The molecule has 0 aliphatic heterocycles. The van der Waals surface area contributed by atoms with Crippen LogP contribution in [0, 0.1) is 0 Å². The molecule has 0 spiro atoms. The molecule has 1 heterocycles. The third-order valence-electron chi connectivity index (χ3n) is 2.09. The Morgan fingerprint density at radius 1 is 1.62 bits per heavy atom. The first kappa shape index (κ1) is 12.9. The Kier molecular flexibility index (Phi) is 5.14. The van der Waals surface area contributed by atoms with Crippen LogP contribution < -0.4 is 11.1 Å². The third kappa shape index (κ3) is 4.12. The fraction of sp³-hybridized carbons (Fsp3) is 0.500. The number of rotatable bonds is 5. The van der Waals surface area contributed by atoms with Crippen molar-refractivity contribution in [2.24, 2.45) is 5.73 Å². The predicted molar refractivity (Wildman–Crippen MR) is 63.2 cm³/mol. The van der Waals surface area contributed by atoms with Gasteiger partial charge in [0.25, 0.3) is 0 Å². The Balaban J connectivity index is 2.50. The van der Waals surface area contributed by atoms with Crippen LogP contribution in [0.5, 0.6) is 0 Å². The highest BCUT2D eigenvalue weighted by Gasteiger charge is 2.13. The number of aromatic nitrogens is 2. The molecule has 0 saturated heterocycles. The van der Waals surface area contributed by atoms with Crippen molar-refractivity contribution in [3.05, 3.63) is 17.5 Å². The maximum atomic E-state index is 11.6. The standard InChI is InChI=1S/C10H15ClN4O/c1-2-3-4-7(12)10(16)15-9-5-8(11)13-6-14-9/h5-7H,2-4,12H2,1H3,(H,13,14,15,16)/t7-/m0/s1. The second-order valence-electron chi connectivity index (χ2n) is 3.46. The van der Waals surface area contributed by atoms with Crippen molar-refractivity contribution in [1.29, 1.82) is 0 Å². The second kappa shape index (κ2) is 6.40. The first-order valence-corrected chi connectivity index (χ1v) is 5.55. The van der Waals surface area contributed by atoms with E-state index in [1.165, 1.54) is 12.4 Å². The maximum absolute atomic E-state index is 11.6. The van der Waals surface area contributed by atoms with Gasteiger partial charge in [-0.05, 0) is 6.42 Å². The van der Waals surface area contributed by atoms with Crippen LogP contribution in [0.1, 0.15) is 26.2 Å². The number of nitrogens with zero attached hydrogens (tertiary/aromatic N) is 2. The average molecular weight is 243 g/mol. The van der Waals surface area contributed by atoms with Gasteiger partial charge in [0.2, 0.25) is 5.91 Å². The quantitative estimate of drug-likeness (QED) is 0.769. The average Bonchev–Trinajstić information content (AvgIpc) is 2.25. The SMILES string of the molecule is CCCC[C@H](N)C(=O)Nc1cc(Cl)ncn1. The Hall–Kier alpha value is -1.20. The lowest BCUT2D eigenvalue weighted by molar-refractivity contribution is -0.117. The van der Waals surface area contributed by atoms with E-state index in [1.54, 1.807) is 0 Å². The lowest BCUT2D eigenvalue weighted by Crippen LogP contribution is -2.35. The van der Waals surface area contributed by atoms with Crippen LogP contribution in [-0.2, 0) is 4.79 Å². The van der Waals surface area contributed by atoms with Crippen molar-refractivity contribution in [3.63, 3.8) is 0 Å². The van der Waals surface area contributed by atoms with Gasteiger partial charge in [0.05, 0.1) is 6.04 Å². The van der Waals surface area contributed by atoms with Gasteiger partial charge in [0.15, 0.2) is 0 Å². The molecule has 0 aliphatic carbocycles. The monoisotopic (exact) mass is 242 g/mol. The number of nitrogens with two attached hydrogens (primary N) is 1. The van der Waals surface area contributed by atoms with Crippen LogP contribution in [0.2, 0.25) is 5.15 Å². The molecule has 1 aromatic rings. The van der Waals surface area contributed by atoms with Gasteiger partial charge < -0.3 is 11.1 Å². The molecule has 0 fully saturated rings. The van der Waals surface area contributed by atoms with Gasteiger partial charge in [0, 0.05) is 6.07 Å². The van der Waals surface area contributed by atoms with Crippen molar-refractivity contribution in [1.82, 2.24) is 9.97 Å². The number of anilines is 1. The third-order valence-corrected chi connectivity index (χ3v) is 2.30. The van der Waals surface area contributed by atoms with Gasteiger partial charge in [-0.3, -0.25) is 4.79 Å². The van der Waals surface area contributed by atoms with E-state index >= 15 is 0 Å². The number of hydrogen-bond acceptors (Lipinski definition) is 4. The number of halogens is 1.